The van der Waals surface area contributed by atoms with Crippen LogP contribution in [0.3, 0.4) is 0 Å². The number of hydrogen-bond donors (Lipinski definition) is 1. The molecular weight excluding hydrogens is 342 g/mol. The molecular formula is C22H45NO4. The third-order valence-corrected chi connectivity index (χ3v) is 5.05. The highest BCUT2D eigenvalue weighted by Crippen LogP contribution is 2.24. The number of unbranched alkanes of at least 4 members (excludes halogenated alkanes) is 3. The number of alkyl carbamates (subject to hydrolysis) is 1. The van der Waals surface area contributed by atoms with E-state index in [1.807, 2.05) is 27.7 Å². The van der Waals surface area contributed by atoms with Gasteiger partial charge in [0.25, 0.3) is 0 Å². The molecule has 0 aromatic rings. The molecule has 0 bridgehead atoms. The monoisotopic (exact) mass is 387 g/mol. The van der Waals surface area contributed by atoms with Gasteiger partial charge in [-0.2, -0.15) is 0 Å². The molecule has 0 aliphatic carbocycles. The maximum absolute atomic E-state index is 11.9. The highest BCUT2D eigenvalue weighted by molar-refractivity contribution is 5.67. The number of amides is 1. The van der Waals surface area contributed by atoms with Gasteiger partial charge in [-0.1, -0.05) is 46.5 Å². The van der Waals surface area contributed by atoms with Gasteiger partial charge in [0.15, 0.2) is 0 Å². The van der Waals surface area contributed by atoms with Gasteiger partial charge in [-0.05, 0) is 52.4 Å². The fraction of sp³-hybridized carbons (Fsp3) is 0.955. The summed E-state index contributed by atoms with van der Waals surface area (Å²) in [6.45, 7) is 16.3. The van der Waals surface area contributed by atoms with E-state index in [0.717, 1.165) is 19.3 Å². The van der Waals surface area contributed by atoms with E-state index in [0.29, 0.717) is 19.8 Å². The normalized spacial score (nSPS) is 12.9. The van der Waals surface area contributed by atoms with Crippen molar-refractivity contribution in [1.82, 2.24) is 5.32 Å². The average Bonchev–Trinajstić information content (AvgIpc) is 2.56. The van der Waals surface area contributed by atoms with Crippen LogP contribution in [-0.2, 0) is 14.2 Å². The first kappa shape index (κ1) is 26.2. The van der Waals surface area contributed by atoms with Crippen molar-refractivity contribution in [3.8, 4) is 0 Å². The summed E-state index contributed by atoms with van der Waals surface area (Å²) >= 11 is 0. The highest BCUT2D eigenvalue weighted by atomic mass is 16.5. The SMILES string of the molecule is CCCCCCC(C)(C)COC(=O)NCCC(C)(C)OCCC(C)(C)OC. The Bertz CT molecular complexity index is 405. The van der Waals surface area contributed by atoms with Crippen molar-refractivity contribution in [2.45, 2.75) is 105 Å². The number of hydrogen-bond acceptors (Lipinski definition) is 4. The van der Waals surface area contributed by atoms with E-state index in [9.17, 15) is 4.79 Å². The number of carbonyl (C=O) groups excluding carboxylic acids is 1. The largest absolute Gasteiger partial charge is 0.449 e. The first-order valence-electron chi connectivity index (χ1n) is 10.5. The molecule has 5 nitrogen and oxygen atoms in total. The maximum Gasteiger partial charge on any atom is 0.407 e. The molecule has 0 aliphatic heterocycles. The molecule has 0 fully saturated rings. The lowest BCUT2D eigenvalue weighted by Gasteiger charge is -2.29. The van der Waals surface area contributed by atoms with Crippen molar-refractivity contribution >= 4 is 6.09 Å². The smallest absolute Gasteiger partial charge is 0.407 e. The molecule has 0 saturated heterocycles. The van der Waals surface area contributed by atoms with Gasteiger partial charge in [-0.3, -0.25) is 0 Å². The van der Waals surface area contributed by atoms with Gasteiger partial charge < -0.3 is 19.5 Å². The van der Waals surface area contributed by atoms with E-state index in [1.54, 1.807) is 7.11 Å². The van der Waals surface area contributed by atoms with Crippen molar-refractivity contribution in [3.05, 3.63) is 0 Å². The molecule has 0 aromatic heterocycles. The third kappa shape index (κ3) is 14.9. The lowest BCUT2D eigenvalue weighted by Crippen LogP contribution is -2.35. The van der Waals surface area contributed by atoms with Crippen LogP contribution >= 0.6 is 0 Å². The maximum atomic E-state index is 11.9. The van der Waals surface area contributed by atoms with Gasteiger partial charge >= 0.3 is 6.09 Å². The molecule has 162 valence electrons. The molecule has 1 amide bonds. The van der Waals surface area contributed by atoms with E-state index in [-0.39, 0.29) is 22.7 Å². The number of nitrogens with one attached hydrogen (secondary N) is 1. The number of methoxy groups -OCH3 is 1. The topological polar surface area (TPSA) is 56.8 Å². The molecule has 0 saturated carbocycles. The lowest BCUT2D eigenvalue weighted by atomic mass is 9.88. The zero-order chi connectivity index (χ0) is 21.0. The Balaban J connectivity index is 3.96. The first-order chi connectivity index (χ1) is 12.4. The minimum atomic E-state index is -0.340. The molecule has 0 heterocycles. The molecule has 5 heteroatoms. The van der Waals surface area contributed by atoms with Gasteiger partial charge in [0.2, 0.25) is 0 Å². The Kier molecular flexibility index (Phi) is 12.2. The second-order valence-electron chi connectivity index (χ2n) is 9.55. The number of carbonyl (C=O) groups is 1. The van der Waals surface area contributed by atoms with Crippen LogP contribution in [-0.4, -0.2) is 44.2 Å². The van der Waals surface area contributed by atoms with Crippen LogP contribution in [0.25, 0.3) is 0 Å². The summed E-state index contributed by atoms with van der Waals surface area (Å²) in [6, 6.07) is 0. The van der Waals surface area contributed by atoms with Crippen LogP contribution < -0.4 is 5.32 Å². The van der Waals surface area contributed by atoms with Gasteiger partial charge in [-0.15, -0.1) is 0 Å². The van der Waals surface area contributed by atoms with Crippen LogP contribution in [0.1, 0.15) is 93.4 Å². The summed E-state index contributed by atoms with van der Waals surface area (Å²) in [5.74, 6) is 0. The van der Waals surface area contributed by atoms with Crippen LogP contribution in [0, 0.1) is 5.41 Å². The van der Waals surface area contributed by atoms with Crippen molar-refractivity contribution in [3.63, 3.8) is 0 Å². The summed E-state index contributed by atoms with van der Waals surface area (Å²) in [4.78, 5) is 11.9. The zero-order valence-corrected chi connectivity index (χ0v) is 19.2. The summed E-state index contributed by atoms with van der Waals surface area (Å²) in [7, 11) is 1.72. The van der Waals surface area contributed by atoms with E-state index in [1.165, 1.54) is 25.7 Å². The molecule has 0 atom stereocenters. The Labute approximate surface area is 167 Å². The summed E-state index contributed by atoms with van der Waals surface area (Å²) in [6.07, 6.45) is 7.26. The molecule has 0 aromatic carbocycles. The summed E-state index contributed by atoms with van der Waals surface area (Å²) in [5, 5.41) is 2.84. The predicted octanol–water partition coefficient (Wildman–Crippen LogP) is 5.71. The highest BCUT2D eigenvalue weighted by Gasteiger charge is 2.23. The van der Waals surface area contributed by atoms with Gasteiger partial charge in [0, 0.05) is 13.7 Å². The van der Waals surface area contributed by atoms with Crippen molar-refractivity contribution in [2.24, 2.45) is 5.41 Å². The first-order valence-corrected chi connectivity index (χ1v) is 10.5. The summed E-state index contributed by atoms with van der Waals surface area (Å²) < 4.78 is 16.8. The lowest BCUT2D eigenvalue weighted by molar-refractivity contribution is -0.0606. The van der Waals surface area contributed by atoms with E-state index < -0.39 is 0 Å². The zero-order valence-electron chi connectivity index (χ0n) is 19.2. The second kappa shape index (κ2) is 12.6. The fourth-order valence-corrected chi connectivity index (χ4v) is 2.63. The van der Waals surface area contributed by atoms with Gasteiger partial charge in [0.1, 0.15) is 0 Å². The second-order valence-corrected chi connectivity index (χ2v) is 9.55. The molecule has 0 spiro atoms. The van der Waals surface area contributed by atoms with Gasteiger partial charge in [0.05, 0.1) is 24.4 Å². The van der Waals surface area contributed by atoms with Crippen molar-refractivity contribution < 1.29 is 19.0 Å². The molecule has 0 radical (unpaired) electrons. The van der Waals surface area contributed by atoms with E-state index in [2.05, 4.69) is 26.1 Å². The van der Waals surface area contributed by atoms with Crippen LogP contribution in [0.5, 0.6) is 0 Å². The van der Waals surface area contributed by atoms with E-state index in [4.69, 9.17) is 14.2 Å². The molecule has 0 aliphatic rings. The van der Waals surface area contributed by atoms with Crippen molar-refractivity contribution in [2.75, 3.05) is 26.9 Å². The Morgan fingerprint density at radius 1 is 0.889 bits per heavy atom. The molecule has 27 heavy (non-hydrogen) atoms. The Morgan fingerprint density at radius 3 is 2.15 bits per heavy atom. The standard InChI is InChI=1S/C22H45NO4/c1-9-10-11-12-13-20(2,3)18-26-19(24)23-16-14-22(6,7)27-17-15-21(4,5)25-8/h9-18H2,1-8H3,(H,23,24). The number of rotatable bonds is 15. The Morgan fingerprint density at radius 2 is 1.56 bits per heavy atom. The van der Waals surface area contributed by atoms with Crippen LogP contribution in [0.4, 0.5) is 4.79 Å². The minimum Gasteiger partial charge on any atom is -0.449 e. The minimum absolute atomic E-state index is 0.0294. The van der Waals surface area contributed by atoms with Crippen LogP contribution in [0.15, 0.2) is 0 Å². The Hall–Kier alpha value is -0.810. The summed E-state index contributed by atoms with van der Waals surface area (Å²) in [5.41, 5.74) is -0.446. The van der Waals surface area contributed by atoms with Crippen molar-refractivity contribution in [1.29, 1.82) is 0 Å². The fourth-order valence-electron chi connectivity index (χ4n) is 2.63. The quantitative estimate of drug-likeness (QED) is 0.366. The molecule has 1 N–H and O–H groups in total. The van der Waals surface area contributed by atoms with Gasteiger partial charge in [-0.25, -0.2) is 4.79 Å². The third-order valence-electron chi connectivity index (χ3n) is 5.05. The number of ether oxygens (including phenoxy) is 3. The molecule has 0 unspecified atom stereocenters. The van der Waals surface area contributed by atoms with E-state index >= 15 is 0 Å². The molecule has 0 rings (SSSR count). The predicted molar refractivity (Wildman–Crippen MR) is 112 cm³/mol. The average molecular weight is 388 g/mol. The van der Waals surface area contributed by atoms with Crippen LogP contribution in [0.2, 0.25) is 0 Å².